The summed E-state index contributed by atoms with van der Waals surface area (Å²) in [6, 6.07) is 8.26. The van der Waals surface area contributed by atoms with E-state index in [1.54, 1.807) is 30.3 Å². The van der Waals surface area contributed by atoms with Crippen molar-refractivity contribution in [1.29, 1.82) is 0 Å². The molecule has 0 bridgehead atoms. The van der Waals surface area contributed by atoms with E-state index in [0.717, 1.165) is 0 Å². The third kappa shape index (κ3) is 3.38. The zero-order valence-corrected chi connectivity index (χ0v) is 7.80. The van der Waals surface area contributed by atoms with Crippen molar-refractivity contribution in [2.75, 3.05) is 0 Å². The predicted octanol–water partition coefficient (Wildman–Crippen LogP) is 1.71. The average Bonchev–Trinajstić information content (AvgIpc) is 1.85. The van der Waals surface area contributed by atoms with Gasteiger partial charge >= 0.3 is 8.55 Å². The quantitative estimate of drug-likeness (QED) is 0.735. The molecule has 0 N–H and O–H groups in total. The Morgan fingerprint density at radius 3 is 2.18 bits per heavy atom. The minimum atomic E-state index is -3.56. The number of hydrogen-bond acceptors (Lipinski definition) is 3. The van der Waals surface area contributed by atoms with Crippen molar-refractivity contribution in [2.45, 2.75) is 0 Å². The zero-order chi connectivity index (χ0) is 8.32. The molecule has 5 heteroatoms. The van der Waals surface area contributed by atoms with Crippen molar-refractivity contribution < 1.29 is 12.6 Å². The number of benzene rings is 1. The van der Waals surface area contributed by atoms with Crippen LogP contribution in [0.3, 0.4) is 0 Å². The number of halogens is 1. The molecule has 0 atom stereocenters. The standard InChI is InChI=1S/C6H5BrO3S/c7-11(8,9)10-6-4-2-1-3-5-6/h1-5H. The predicted molar refractivity (Wildman–Crippen MR) is 44.9 cm³/mol. The van der Waals surface area contributed by atoms with Crippen LogP contribution in [-0.2, 0) is 8.55 Å². The summed E-state index contributed by atoms with van der Waals surface area (Å²) in [5, 5.41) is 0. The lowest BCUT2D eigenvalue weighted by atomic mass is 10.3. The van der Waals surface area contributed by atoms with Crippen LogP contribution in [0.5, 0.6) is 5.75 Å². The first-order valence-corrected chi connectivity index (χ1v) is 6.02. The van der Waals surface area contributed by atoms with Crippen LogP contribution in [-0.4, -0.2) is 8.42 Å². The molecular formula is C6H5BrO3S. The van der Waals surface area contributed by atoms with Gasteiger partial charge in [0.25, 0.3) is 0 Å². The summed E-state index contributed by atoms with van der Waals surface area (Å²) in [5.74, 6) is 0.296. The highest BCUT2D eigenvalue weighted by atomic mass is 79.9. The van der Waals surface area contributed by atoms with Crippen LogP contribution in [0.1, 0.15) is 0 Å². The third-order valence-electron chi connectivity index (χ3n) is 0.939. The van der Waals surface area contributed by atoms with Crippen molar-refractivity contribution in [2.24, 2.45) is 0 Å². The first-order valence-electron chi connectivity index (χ1n) is 2.77. The van der Waals surface area contributed by atoms with E-state index in [4.69, 9.17) is 0 Å². The highest BCUT2D eigenvalue weighted by Gasteiger charge is 2.04. The topological polar surface area (TPSA) is 43.4 Å². The number of para-hydroxylation sites is 1. The molecule has 1 aromatic carbocycles. The monoisotopic (exact) mass is 236 g/mol. The van der Waals surface area contributed by atoms with Gasteiger partial charge < -0.3 is 4.18 Å². The van der Waals surface area contributed by atoms with E-state index in [1.165, 1.54) is 0 Å². The first kappa shape index (κ1) is 8.55. The van der Waals surface area contributed by atoms with Gasteiger partial charge in [0.05, 0.1) is 0 Å². The Labute approximate surface area is 72.3 Å². The Balaban J connectivity index is 2.82. The summed E-state index contributed by atoms with van der Waals surface area (Å²) < 4.78 is 25.5. The lowest BCUT2D eigenvalue weighted by Crippen LogP contribution is -1.98. The molecule has 1 rings (SSSR count). The van der Waals surface area contributed by atoms with Gasteiger partial charge in [-0.05, 0) is 12.1 Å². The van der Waals surface area contributed by atoms with Gasteiger partial charge in [0.15, 0.2) is 0 Å². The molecule has 0 aliphatic carbocycles. The van der Waals surface area contributed by atoms with Gasteiger partial charge in [-0.1, -0.05) is 18.2 Å². The molecule has 0 spiro atoms. The Morgan fingerprint density at radius 2 is 1.73 bits per heavy atom. The summed E-state index contributed by atoms with van der Waals surface area (Å²) >= 11 is 2.37. The highest BCUT2D eigenvalue weighted by molar-refractivity contribution is 9.46. The largest absolute Gasteiger partial charge is 0.374 e. The Kier molecular flexibility index (Phi) is 2.51. The fourth-order valence-electron chi connectivity index (χ4n) is 0.591. The van der Waals surface area contributed by atoms with Crippen molar-refractivity contribution in [3.63, 3.8) is 0 Å². The maximum absolute atomic E-state index is 10.5. The van der Waals surface area contributed by atoms with E-state index < -0.39 is 8.55 Å². The molecule has 11 heavy (non-hydrogen) atoms. The maximum atomic E-state index is 10.5. The second-order valence-electron chi connectivity index (χ2n) is 1.79. The molecule has 0 aliphatic heterocycles. The van der Waals surface area contributed by atoms with E-state index in [2.05, 4.69) is 19.0 Å². The Hall–Kier alpha value is -0.550. The van der Waals surface area contributed by atoms with E-state index in [0.29, 0.717) is 5.75 Å². The summed E-state index contributed by atoms with van der Waals surface area (Å²) in [5.41, 5.74) is 0. The van der Waals surface area contributed by atoms with Gasteiger partial charge in [-0.2, -0.15) is 8.42 Å². The van der Waals surface area contributed by atoms with Gasteiger partial charge in [-0.3, -0.25) is 0 Å². The summed E-state index contributed by atoms with van der Waals surface area (Å²) in [6.07, 6.45) is 0. The smallest absolute Gasteiger partial charge is 0.372 e. The van der Waals surface area contributed by atoms with E-state index in [9.17, 15) is 8.42 Å². The SMILES string of the molecule is O=S(=O)(Br)Oc1ccccc1. The van der Waals surface area contributed by atoms with Crippen LogP contribution in [0.4, 0.5) is 0 Å². The molecule has 0 saturated carbocycles. The van der Waals surface area contributed by atoms with Crippen molar-refractivity contribution in [3.8, 4) is 5.75 Å². The molecule has 0 radical (unpaired) electrons. The van der Waals surface area contributed by atoms with Crippen LogP contribution >= 0.6 is 14.8 Å². The maximum Gasteiger partial charge on any atom is 0.372 e. The summed E-state index contributed by atoms with van der Waals surface area (Å²) in [4.78, 5) is 0. The summed E-state index contributed by atoms with van der Waals surface area (Å²) in [7, 11) is -3.56. The molecule has 0 fully saturated rings. The molecule has 0 aromatic heterocycles. The Bertz CT molecular complexity index is 319. The average molecular weight is 237 g/mol. The molecule has 0 unspecified atom stereocenters. The number of hydrogen-bond donors (Lipinski definition) is 0. The second kappa shape index (κ2) is 3.23. The van der Waals surface area contributed by atoms with Crippen molar-refractivity contribution >= 4 is 23.4 Å². The fourth-order valence-corrected chi connectivity index (χ4v) is 1.39. The van der Waals surface area contributed by atoms with Gasteiger partial charge in [-0.25, -0.2) is 0 Å². The fraction of sp³-hybridized carbons (Fsp3) is 0. The molecule has 0 saturated heterocycles. The molecule has 3 nitrogen and oxygen atoms in total. The van der Waals surface area contributed by atoms with Crippen LogP contribution in [0.2, 0.25) is 0 Å². The molecule has 0 heterocycles. The first-order chi connectivity index (χ1) is 5.08. The van der Waals surface area contributed by atoms with E-state index >= 15 is 0 Å². The molecule has 1 aromatic rings. The minimum absolute atomic E-state index is 0.296. The van der Waals surface area contributed by atoms with Gasteiger partial charge in [0, 0.05) is 0 Å². The lowest BCUT2D eigenvalue weighted by molar-refractivity contribution is 0.506. The van der Waals surface area contributed by atoms with Gasteiger partial charge in [0.1, 0.15) is 20.6 Å². The molecule has 60 valence electrons. The third-order valence-corrected chi connectivity index (χ3v) is 1.73. The van der Waals surface area contributed by atoms with E-state index in [1.807, 2.05) is 0 Å². The minimum Gasteiger partial charge on any atom is -0.374 e. The molecule has 0 aliphatic rings. The van der Waals surface area contributed by atoms with Crippen LogP contribution in [0.25, 0.3) is 0 Å². The van der Waals surface area contributed by atoms with Crippen LogP contribution < -0.4 is 4.18 Å². The highest BCUT2D eigenvalue weighted by Crippen LogP contribution is 2.14. The summed E-state index contributed by atoms with van der Waals surface area (Å²) in [6.45, 7) is 0. The Morgan fingerprint density at radius 1 is 1.18 bits per heavy atom. The lowest BCUT2D eigenvalue weighted by Gasteiger charge is -1.98. The van der Waals surface area contributed by atoms with E-state index in [-0.39, 0.29) is 0 Å². The molecule has 0 amide bonds. The zero-order valence-electron chi connectivity index (χ0n) is 5.40. The van der Waals surface area contributed by atoms with Crippen molar-refractivity contribution in [1.82, 2.24) is 0 Å². The second-order valence-corrected chi connectivity index (χ2v) is 5.12. The van der Waals surface area contributed by atoms with Crippen LogP contribution in [0, 0.1) is 0 Å². The van der Waals surface area contributed by atoms with Gasteiger partial charge in [0.2, 0.25) is 0 Å². The van der Waals surface area contributed by atoms with Crippen molar-refractivity contribution in [3.05, 3.63) is 30.3 Å². The van der Waals surface area contributed by atoms with Gasteiger partial charge in [-0.15, -0.1) is 0 Å². The normalized spacial score (nSPS) is 11.0. The van der Waals surface area contributed by atoms with Crippen LogP contribution in [0.15, 0.2) is 30.3 Å². The number of rotatable bonds is 2. The molecular weight excluding hydrogens is 232 g/mol.